The summed E-state index contributed by atoms with van der Waals surface area (Å²) in [4.78, 5) is 0.208. The van der Waals surface area contributed by atoms with Gasteiger partial charge < -0.3 is 14.2 Å². The molecule has 0 aliphatic rings. The molecule has 6 nitrogen and oxygen atoms in total. The molecule has 164 valence electrons. The fraction of sp³-hybridized carbons (Fsp3) is 0.250. The topological polar surface area (TPSA) is 65.1 Å². The number of anilines is 1. The number of aryl methyl sites for hydroxylation is 2. The van der Waals surface area contributed by atoms with Gasteiger partial charge in [0.05, 0.1) is 38.5 Å². The van der Waals surface area contributed by atoms with Gasteiger partial charge in [0, 0.05) is 12.1 Å². The zero-order valence-corrected chi connectivity index (χ0v) is 19.2. The van der Waals surface area contributed by atoms with Crippen LogP contribution in [0.5, 0.6) is 17.2 Å². The fourth-order valence-corrected chi connectivity index (χ4v) is 4.78. The van der Waals surface area contributed by atoms with Crippen molar-refractivity contribution in [3.05, 3.63) is 77.4 Å². The van der Waals surface area contributed by atoms with Crippen molar-refractivity contribution in [1.29, 1.82) is 0 Å². The minimum absolute atomic E-state index is 0.149. The molecule has 0 saturated heterocycles. The first kappa shape index (κ1) is 22.5. The summed E-state index contributed by atoms with van der Waals surface area (Å²) in [6.45, 7) is 4.04. The van der Waals surface area contributed by atoms with Gasteiger partial charge in [-0.2, -0.15) is 0 Å². The second-order valence-corrected chi connectivity index (χ2v) is 9.06. The van der Waals surface area contributed by atoms with Crippen molar-refractivity contribution in [1.82, 2.24) is 0 Å². The summed E-state index contributed by atoms with van der Waals surface area (Å²) >= 11 is 0. The van der Waals surface area contributed by atoms with Crippen LogP contribution in [0.3, 0.4) is 0 Å². The summed E-state index contributed by atoms with van der Waals surface area (Å²) in [6, 6.07) is 17.8. The number of methoxy groups -OCH3 is 3. The summed E-state index contributed by atoms with van der Waals surface area (Å²) in [6.07, 6.45) is 0. The van der Waals surface area contributed by atoms with E-state index < -0.39 is 10.0 Å². The van der Waals surface area contributed by atoms with Crippen LogP contribution in [0.15, 0.2) is 65.6 Å². The number of nitrogens with zero attached hydrogens (tertiary/aromatic N) is 1. The lowest BCUT2D eigenvalue weighted by Gasteiger charge is -2.26. The molecule has 0 unspecified atom stereocenters. The van der Waals surface area contributed by atoms with E-state index in [1.54, 1.807) is 36.4 Å². The van der Waals surface area contributed by atoms with Gasteiger partial charge >= 0.3 is 0 Å². The highest BCUT2D eigenvalue weighted by Gasteiger charge is 2.28. The number of hydrogen-bond donors (Lipinski definition) is 0. The van der Waals surface area contributed by atoms with Crippen LogP contribution < -0.4 is 18.5 Å². The predicted molar refractivity (Wildman–Crippen MR) is 122 cm³/mol. The number of benzene rings is 3. The van der Waals surface area contributed by atoms with Crippen molar-refractivity contribution in [2.24, 2.45) is 0 Å². The molecule has 3 aromatic carbocycles. The monoisotopic (exact) mass is 441 g/mol. The lowest BCUT2D eigenvalue weighted by molar-refractivity contribution is 0.324. The van der Waals surface area contributed by atoms with Gasteiger partial charge in [-0.15, -0.1) is 0 Å². The Morgan fingerprint density at radius 1 is 0.774 bits per heavy atom. The Labute approximate surface area is 184 Å². The molecule has 0 aromatic heterocycles. The minimum Gasteiger partial charge on any atom is -0.493 e. The first-order chi connectivity index (χ1) is 14.8. The summed E-state index contributed by atoms with van der Waals surface area (Å²) in [5, 5.41) is 0. The Balaban J connectivity index is 2.19. The maximum atomic E-state index is 13.7. The van der Waals surface area contributed by atoms with E-state index in [-0.39, 0.29) is 11.4 Å². The van der Waals surface area contributed by atoms with Crippen LogP contribution in [0, 0.1) is 13.8 Å². The van der Waals surface area contributed by atoms with Crippen LogP contribution in [-0.2, 0) is 16.6 Å². The molecule has 0 bridgehead atoms. The van der Waals surface area contributed by atoms with Gasteiger partial charge in [0.1, 0.15) is 0 Å². The third kappa shape index (κ3) is 4.77. The number of sulfonamides is 1. The van der Waals surface area contributed by atoms with E-state index in [2.05, 4.69) is 0 Å². The lowest BCUT2D eigenvalue weighted by atomic mass is 10.1. The zero-order chi connectivity index (χ0) is 22.6. The predicted octanol–water partition coefficient (Wildman–Crippen LogP) is 4.72. The number of ether oxygens (including phenoxy) is 3. The summed E-state index contributed by atoms with van der Waals surface area (Å²) in [5.41, 5.74) is 3.31. The molecule has 0 spiro atoms. The lowest BCUT2D eigenvalue weighted by Crippen LogP contribution is -2.30. The van der Waals surface area contributed by atoms with Crippen molar-refractivity contribution in [2.75, 3.05) is 25.6 Å². The molecule has 0 aliphatic carbocycles. The highest BCUT2D eigenvalue weighted by molar-refractivity contribution is 7.92. The summed E-state index contributed by atoms with van der Waals surface area (Å²) < 4.78 is 45.0. The Morgan fingerprint density at radius 3 is 1.90 bits per heavy atom. The number of rotatable bonds is 8. The van der Waals surface area contributed by atoms with E-state index in [4.69, 9.17) is 14.2 Å². The molecule has 3 rings (SSSR count). The normalized spacial score (nSPS) is 11.1. The van der Waals surface area contributed by atoms with Crippen molar-refractivity contribution < 1.29 is 22.6 Å². The van der Waals surface area contributed by atoms with Crippen LogP contribution in [0.4, 0.5) is 5.69 Å². The average Bonchev–Trinajstić information content (AvgIpc) is 2.76. The fourth-order valence-electron chi connectivity index (χ4n) is 3.34. The van der Waals surface area contributed by atoms with E-state index in [1.807, 2.05) is 38.1 Å². The molecular weight excluding hydrogens is 414 g/mol. The largest absolute Gasteiger partial charge is 0.493 e. The average molecular weight is 442 g/mol. The van der Waals surface area contributed by atoms with Crippen molar-refractivity contribution in [2.45, 2.75) is 25.3 Å². The standard InChI is InChI=1S/C24H27NO5S/c1-17-9-11-21(12-10-17)31(26,27)25(16-19-8-6-7-18(2)13-19)20-14-22(28-3)24(30-5)23(15-20)29-4/h6-15H,16H2,1-5H3. The van der Waals surface area contributed by atoms with Gasteiger partial charge in [-0.05, 0) is 31.5 Å². The van der Waals surface area contributed by atoms with Gasteiger partial charge in [0.2, 0.25) is 5.75 Å². The second-order valence-electron chi connectivity index (χ2n) is 7.20. The molecule has 0 aliphatic heterocycles. The molecule has 7 heteroatoms. The van der Waals surface area contributed by atoms with Crippen molar-refractivity contribution in [3.63, 3.8) is 0 Å². The Morgan fingerprint density at radius 2 is 1.39 bits per heavy atom. The third-order valence-corrected chi connectivity index (χ3v) is 6.74. The van der Waals surface area contributed by atoms with Gasteiger partial charge in [-0.25, -0.2) is 8.42 Å². The molecule has 0 amide bonds. The van der Waals surface area contributed by atoms with Crippen molar-refractivity contribution in [3.8, 4) is 17.2 Å². The number of hydrogen-bond acceptors (Lipinski definition) is 5. The molecule has 31 heavy (non-hydrogen) atoms. The first-order valence-electron chi connectivity index (χ1n) is 9.75. The summed E-state index contributed by atoms with van der Waals surface area (Å²) in [5.74, 6) is 1.16. The smallest absolute Gasteiger partial charge is 0.264 e. The molecule has 0 fully saturated rings. The molecule has 3 aromatic rings. The highest BCUT2D eigenvalue weighted by atomic mass is 32.2. The van der Waals surface area contributed by atoms with E-state index >= 15 is 0 Å². The van der Waals surface area contributed by atoms with Crippen LogP contribution in [-0.4, -0.2) is 29.7 Å². The zero-order valence-electron chi connectivity index (χ0n) is 18.4. The highest BCUT2D eigenvalue weighted by Crippen LogP contribution is 2.42. The van der Waals surface area contributed by atoms with Crippen LogP contribution in [0.1, 0.15) is 16.7 Å². The Bertz CT molecular complexity index is 1130. The van der Waals surface area contributed by atoms with Gasteiger partial charge in [0.25, 0.3) is 10.0 Å². The first-order valence-corrected chi connectivity index (χ1v) is 11.2. The van der Waals surface area contributed by atoms with Crippen LogP contribution in [0.25, 0.3) is 0 Å². The van der Waals surface area contributed by atoms with Crippen LogP contribution in [0.2, 0.25) is 0 Å². The van der Waals surface area contributed by atoms with E-state index in [0.717, 1.165) is 16.7 Å². The van der Waals surface area contributed by atoms with E-state index in [1.165, 1.54) is 25.6 Å². The van der Waals surface area contributed by atoms with Gasteiger partial charge in [-0.3, -0.25) is 4.31 Å². The molecule has 0 heterocycles. The summed E-state index contributed by atoms with van der Waals surface area (Å²) in [7, 11) is 0.638. The molecule has 0 N–H and O–H groups in total. The van der Waals surface area contributed by atoms with Gasteiger partial charge in [-0.1, -0.05) is 47.5 Å². The van der Waals surface area contributed by atoms with Gasteiger partial charge in [0.15, 0.2) is 11.5 Å². The third-order valence-electron chi connectivity index (χ3n) is 4.96. The molecule has 0 atom stereocenters. The molecular formula is C24H27NO5S. The maximum Gasteiger partial charge on any atom is 0.264 e. The Hall–Kier alpha value is -3.19. The second kappa shape index (κ2) is 9.31. The molecule has 0 saturated carbocycles. The maximum absolute atomic E-state index is 13.7. The minimum atomic E-state index is -3.87. The van der Waals surface area contributed by atoms with Crippen LogP contribution >= 0.6 is 0 Å². The SMILES string of the molecule is COc1cc(N(Cc2cccc(C)c2)S(=O)(=O)c2ccc(C)cc2)cc(OC)c1OC. The van der Waals surface area contributed by atoms with E-state index in [0.29, 0.717) is 22.9 Å². The van der Waals surface area contributed by atoms with Crippen molar-refractivity contribution >= 4 is 15.7 Å². The van der Waals surface area contributed by atoms with E-state index in [9.17, 15) is 8.42 Å². The molecule has 0 radical (unpaired) electrons. The Kier molecular flexibility index (Phi) is 6.75. The quantitative estimate of drug-likeness (QED) is 0.506.